The zero-order valence-corrected chi connectivity index (χ0v) is 12.1. The molecule has 5 heteroatoms. The Hall–Kier alpha value is -0.520. The molecule has 3 nitrogen and oxygen atoms in total. The van der Waals surface area contributed by atoms with Crippen LogP contribution in [0, 0.1) is 0 Å². The van der Waals surface area contributed by atoms with Gasteiger partial charge >= 0.3 is 5.97 Å². The van der Waals surface area contributed by atoms with Crippen LogP contribution in [0.1, 0.15) is 30.6 Å². The zero-order valence-electron chi connectivity index (χ0n) is 9.74. The predicted molar refractivity (Wildman–Crippen MR) is 72.7 cm³/mol. The van der Waals surface area contributed by atoms with Gasteiger partial charge in [-0.3, -0.25) is 0 Å². The number of thioether (sulfide) groups is 1. The van der Waals surface area contributed by atoms with Crippen LogP contribution in [0.25, 0.3) is 0 Å². The quantitative estimate of drug-likeness (QED) is 0.817. The Bertz CT molecular complexity index is 418. The van der Waals surface area contributed by atoms with E-state index >= 15 is 0 Å². The maximum absolute atomic E-state index is 11.0. The monoisotopic (exact) mass is 318 g/mol. The summed E-state index contributed by atoms with van der Waals surface area (Å²) in [7, 11) is 0. The summed E-state index contributed by atoms with van der Waals surface area (Å²) >= 11 is 4.67. The molecule has 0 aliphatic rings. The molecule has 94 valence electrons. The molecule has 1 aromatic carbocycles. The molecule has 0 bridgehead atoms. The number of aliphatic hydroxyl groups is 1. The number of carbonyl (C=O) groups is 1. The van der Waals surface area contributed by atoms with Gasteiger partial charge < -0.3 is 10.2 Å². The van der Waals surface area contributed by atoms with Gasteiger partial charge in [0, 0.05) is 15.1 Å². The molecule has 17 heavy (non-hydrogen) atoms. The lowest BCUT2D eigenvalue weighted by Gasteiger charge is -2.20. The highest BCUT2D eigenvalue weighted by atomic mass is 79.9. The van der Waals surface area contributed by atoms with Crippen LogP contribution in [0.2, 0.25) is 0 Å². The summed E-state index contributed by atoms with van der Waals surface area (Å²) in [5.41, 5.74) is -0.506. The minimum atomic E-state index is -0.948. The van der Waals surface area contributed by atoms with Gasteiger partial charge in [-0.15, -0.1) is 11.8 Å². The number of benzene rings is 1. The van der Waals surface area contributed by atoms with Crippen molar-refractivity contribution in [2.24, 2.45) is 0 Å². The molecule has 0 amide bonds. The second-order valence-corrected chi connectivity index (χ2v) is 6.02. The summed E-state index contributed by atoms with van der Waals surface area (Å²) in [6, 6.07) is 5.03. The van der Waals surface area contributed by atoms with E-state index in [-0.39, 0.29) is 5.56 Å². The molecule has 1 unspecified atom stereocenters. The molecule has 0 radical (unpaired) electrons. The van der Waals surface area contributed by atoms with Crippen LogP contribution < -0.4 is 0 Å². The summed E-state index contributed by atoms with van der Waals surface area (Å²) < 4.78 is 0.834. The highest BCUT2D eigenvalue weighted by molar-refractivity contribution is 9.10. The molecular weight excluding hydrogens is 304 g/mol. The Morgan fingerprint density at radius 2 is 2.18 bits per heavy atom. The van der Waals surface area contributed by atoms with Crippen molar-refractivity contribution in [1.29, 1.82) is 0 Å². The average Bonchev–Trinajstić information content (AvgIpc) is 2.26. The van der Waals surface area contributed by atoms with Crippen molar-refractivity contribution in [1.82, 2.24) is 0 Å². The Morgan fingerprint density at radius 3 is 2.71 bits per heavy atom. The van der Waals surface area contributed by atoms with E-state index in [1.165, 1.54) is 11.8 Å². The summed E-state index contributed by atoms with van der Waals surface area (Å²) in [4.78, 5) is 11.7. The Labute approximate surface area is 113 Å². The van der Waals surface area contributed by atoms with Crippen LogP contribution in [0.5, 0.6) is 0 Å². The molecule has 0 aliphatic carbocycles. The Balaban J connectivity index is 2.89. The fourth-order valence-electron chi connectivity index (χ4n) is 1.13. The number of carboxylic acids is 1. The van der Waals surface area contributed by atoms with Crippen molar-refractivity contribution in [2.75, 3.05) is 5.75 Å². The first-order chi connectivity index (χ1) is 7.85. The number of hydrogen-bond acceptors (Lipinski definition) is 3. The molecule has 1 rings (SSSR count). The number of halogens is 1. The van der Waals surface area contributed by atoms with E-state index in [4.69, 9.17) is 5.11 Å². The zero-order chi connectivity index (χ0) is 13.1. The van der Waals surface area contributed by atoms with Gasteiger partial charge in [-0.25, -0.2) is 4.79 Å². The summed E-state index contributed by atoms with van der Waals surface area (Å²) in [5, 5.41) is 19.0. The molecular formula is C12H15BrO3S. The maximum Gasteiger partial charge on any atom is 0.336 e. The first-order valence-corrected chi connectivity index (χ1v) is 7.01. The Kier molecular flexibility index (Phi) is 5.04. The lowest BCUT2D eigenvalue weighted by atomic mass is 10.1. The minimum Gasteiger partial charge on any atom is -0.478 e. The molecule has 0 saturated carbocycles. The van der Waals surface area contributed by atoms with Crippen molar-refractivity contribution >= 4 is 33.7 Å². The van der Waals surface area contributed by atoms with Crippen molar-refractivity contribution in [2.45, 2.75) is 30.8 Å². The topological polar surface area (TPSA) is 57.5 Å². The Morgan fingerprint density at radius 1 is 1.53 bits per heavy atom. The fraction of sp³-hybridized carbons (Fsp3) is 0.417. The summed E-state index contributed by atoms with van der Waals surface area (Å²) in [6.45, 7) is 3.65. The third-order valence-corrected chi connectivity index (χ3v) is 4.38. The van der Waals surface area contributed by atoms with E-state index in [0.29, 0.717) is 17.1 Å². The predicted octanol–water partition coefficient (Wildman–Crippen LogP) is 3.40. The number of carboxylic acid groups (broad SMARTS) is 1. The SMILES string of the molecule is CCC(C)(O)CSc1cc(Br)ccc1C(=O)O. The number of aromatic carboxylic acids is 1. The lowest BCUT2D eigenvalue weighted by Crippen LogP contribution is -2.25. The first-order valence-electron chi connectivity index (χ1n) is 5.24. The van der Waals surface area contributed by atoms with Gasteiger partial charge in [0.05, 0.1) is 11.2 Å². The second-order valence-electron chi connectivity index (χ2n) is 4.08. The third kappa shape index (κ3) is 4.33. The van der Waals surface area contributed by atoms with Gasteiger partial charge in [0.2, 0.25) is 0 Å². The third-order valence-electron chi connectivity index (χ3n) is 2.47. The molecule has 0 aliphatic heterocycles. The van der Waals surface area contributed by atoms with Gasteiger partial charge in [0.1, 0.15) is 0 Å². The van der Waals surface area contributed by atoms with Crippen LogP contribution in [0.3, 0.4) is 0 Å². The van der Waals surface area contributed by atoms with E-state index in [1.807, 2.05) is 6.92 Å². The minimum absolute atomic E-state index is 0.269. The van der Waals surface area contributed by atoms with E-state index in [9.17, 15) is 9.90 Å². The van der Waals surface area contributed by atoms with Gasteiger partial charge in [0.25, 0.3) is 0 Å². The molecule has 1 atom stereocenters. The van der Waals surface area contributed by atoms with Gasteiger partial charge in [-0.1, -0.05) is 22.9 Å². The normalized spacial score (nSPS) is 14.4. The van der Waals surface area contributed by atoms with E-state index < -0.39 is 11.6 Å². The number of hydrogen-bond donors (Lipinski definition) is 2. The van der Waals surface area contributed by atoms with Crippen LogP contribution in [-0.2, 0) is 0 Å². The molecule has 0 saturated heterocycles. The molecule has 0 spiro atoms. The van der Waals surface area contributed by atoms with Crippen molar-refractivity contribution in [3.8, 4) is 0 Å². The lowest BCUT2D eigenvalue weighted by molar-refractivity contribution is 0.0691. The summed E-state index contributed by atoms with van der Waals surface area (Å²) in [6.07, 6.45) is 0.635. The maximum atomic E-state index is 11.0. The van der Waals surface area contributed by atoms with Gasteiger partial charge in [-0.2, -0.15) is 0 Å². The molecule has 0 fully saturated rings. The van der Waals surface area contributed by atoms with E-state index in [1.54, 1.807) is 25.1 Å². The fourth-order valence-corrected chi connectivity index (χ4v) is 2.83. The largest absolute Gasteiger partial charge is 0.478 e. The first kappa shape index (κ1) is 14.5. The summed E-state index contributed by atoms with van der Waals surface area (Å²) in [5.74, 6) is -0.476. The van der Waals surface area contributed by atoms with Crippen molar-refractivity contribution in [3.63, 3.8) is 0 Å². The van der Waals surface area contributed by atoms with Crippen LogP contribution in [0.4, 0.5) is 0 Å². The van der Waals surface area contributed by atoms with Crippen molar-refractivity contribution < 1.29 is 15.0 Å². The molecule has 0 heterocycles. The molecule has 0 aromatic heterocycles. The average molecular weight is 319 g/mol. The van der Waals surface area contributed by atoms with E-state index in [0.717, 1.165) is 4.47 Å². The number of rotatable bonds is 5. The van der Waals surface area contributed by atoms with Crippen LogP contribution >= 0.6 is 27.7 Å². The van der Waals surface area contributed by atoms with E-state index in [2.05, 4.69) is 15.9 Å². The molecule has 1 aromatic rings. The van der Waals surface area contributed by atoms with Gasteiger partial charge in [-0.05, 0) is 31.5 Å². The smallest absolute Gasteiger partial charge is 0.336 e. The highest BCUT2D eigenvalue weighted by Gasteiger charge is 2.19. The van der Waals surface area contributed by atoms with Crippen LogP contribution in [-0.4, -0.2) is 27.5 Å². The van der Waals surface area contributed by atoms with Gasteiger partial charge in [0.15, 0.2) is 0 Å². The standard InChI is InChI=1S/C12H15BrO3S/c1-3-12(2,16)7-17-10-6-8(13)4-5-9(10)11(14)15/h4-6,16H,3,7H2,1-2H3,(H,14,15). The van der Waals surface area contributed by atoms with Crippen molar-refractivity contribution in [3.05, 3.63) is 28.2 Å². The van der Waals surface area contributed by atoms with Crippen LogP contribution in [0.15, 0.2) is 27.6 Å². The molecule has 2 N–H and O–H groups in total. The second kappa shape index (κ2) is 5.89. The highest BCUT2D eigenvalue weighted by Crippen LogP contribution is 2.29.